The molecule has 0 atom stereocenters. The first-order valence-electron chi connectivity index (χ1n) is 7.78. The molecular formula is C19H21ClN2O3. The predicted molar refractivity (Wildman–Crippen MR) is 99.8 cm³/mol. The highest BCUT2D eigenvalue weighted by Gasteiger charge is 2.06. The first kappa shape index (κ1) is 18.8. The Bertz CT molecular complexity index is 763. The largest absolute Gasteiger partial charge is 0.497 e. The van der Waals surface area contributed by atoms with Gasteiger partial charge in [-0.1, -0.05) is 11.6 Å². The van der Waals surface area contributed by atoms with E-state index in [-0.39, 0.29) is 12.5 Å². The number of hydrazone groups is 1. The standard InChI is InChI=1S/C19H21ClN2O3/c1-12-9-17(10-13(2)19(12)20)25-11-18(23)22-21-14(3)15-5-7-16(24-4)8-6-15/h5-10H,11H2,1-4H3,(H,22,23)/b21-14+. The minimum atomic E-state index is -0.335. The Morgan fingerprint density at radius 3 is 2.28 bits per heavy atom. The van der Waals surface area contributed by atoms with Gasteiger partial charge in [-0.15, -0.1) is 0 Å². The summed E-state index contributed by atoms with van der Waals surface area (Å²) in [6.07, 6.45) is 0. The molecule has 0 fully saturated rings. The summed E-state index contributed by atoms with van der Waals surface area (Å²) in [7, 11) is 1.61. The average Bonchev–Trinajstić information content (AvgIpc) is 2.62. The number of carbonyl (C=O) groups excluding carboxylic acids is 1. The van der Waals surface area contributed by atoms with E-state index in [2.05, 4.69) is 10.5 Å². The Kier molecular flexibility index (Phi) is 6.42. The van der Waals surface area contributed by atoms with E-state index in [0.717, 1.165) is 22.4 Å². The molecule has 6 heteroatoms. The van der Waals surface area contributed by atoms with Gasteiger partial charge in [-0.05, 0) is 73.9 Å². The lowest BCUT2D eigenvalue weighted by molar-refractivity contribution is -0.123. The van der Waals surface area contributed by atoms with Crippen molar-refractivity contribution in [1.29, 1.82) is 0 Å². The second-order valence-corrected chi connectivity index (χ2v) is 6.00. The van der Waals surface area contributed by atoms with Crippen LogP contribution >= 0.6 is 11.6 Å². The van der Waals surface area contributed by atoms with Crippen molar-refractivity contribution in [2.75, 3.05) is 13.7 Å². The molecule has 0 aromatic heterocycles. The number of rotatable bonds is 6. The van der Waals surface area contributed by atoms with Gasteiger partial charge in [0.1, 0.15) is 11.5 Å². The molecule has 0 saturated carbocycles. The lowest BCUT2D eigenvalue weighted by Crippen LogP contribution is -2.25. The number of benzene rings is 2. The maximum atomic E-state index is 11.9. The molecule has 132 valence electrons. The number of hydrogen-bond donors (Lipinski definition) is 1. The van der Waals surface area contributed by atoms with E-state index < -0.39 is 0 Å². The van der Waals surface area contributed by atoms with Crippen LogP contribution in [0.5, 0.6) is 11.5 Å². The molecule has 0 aliphatic carbocycles. The van der Waals surface area contributed by atoms with Gasteiger partial charge < -0.3 is 9.47 Å². The molecule has 0 saturated heterocycles. The van der Waals surface area contributed by atoms with Gasteiger partial charge >= 0.3 is 0 Å². The molecule has 0 unspecified atom stereocenters. The van der Waals surface area contributed by atoms with E-state index >= 15 is 0 Å². The highest BCUT2D eigenvalue weighted by atomic mass is 35.5. The molecule has 2 aromatic carbocycles. The van der Waals surface area contributed by atoms with Crippen molar-refractivity contribution in [3.63, 3.8) is 0 Å². The zero-order chi connectivity index (χ0) is 18.4. The van der Waals surface area contributed by atoms with Crippen molar-refractivity contribution in [3.8, 4) is 11.5 Å². The number of nitrogens with one attached hydrogen (secondary N) is 1. The smallest absolute Gasteiger partial charge is 0.277 e. The summed E-state index contributed by atoms with van der Waals surface area (Å²) in [5.74, 6) is 1.03. The average molecular weight is 361 g/mol. The van der Waals surface area contributed by atoms with Crippen LogP contribution in [0.25, 0.3) is 0 Å². The van der Waals surface area contributed by atoms with Crippen LogP contribution in [0.2, 0.25) is 5.02 Å². The van der Waals surface area contributed by atoms with Crippen molar-refractivity contribution in [2.45, 2.75) is 20.8 Å². The fraction of sp³-hybridized carbons (Fsp3) is 0.263. The van der Waals surface area contributed by atoms with E-state index in [1.165, 1.54) is 0 Å². The Labute approximate surface area is 152 Å². The van der Waals surface area contributed by atoms with E-state index in [4.69, 9.17) is 21.1 Å². The second-order valence-electron chi connectivity index (χ2n) is 5.62. The first-order chi connectivity index (χ1) is 11.9. The molecule has 0 radical (unpaired) electrons. The second kappa shape index (κ2) is 8.53. The molecule has 5 nitrogen and oxygen atoms in total. The van der Waals surface area contributed by atoms with Crippen molar-refractivity contribution in [3.05, 3.63) is 58.1 Å². The van der Waals surface area contributed by atoms with E-state index in [1.807, 2.05) is 45.0 Å². The zero-order valence-corrected chi connectivity index (χ0v) is 15.5. The van der Waals surface area contributed by atoms with E-state index in [1.54, 1.807) is 19.2 Å². The van der Waals surface area contributed by atoms with Crippen LogP contribution in [0.4, 0.5) is 0 Å². The van der Waals surface area contributed by atoms with Gasteiger partial charge in [-0.25, -0.2) is 5.43 Å². The number of halogens is 1. The summed E-state index contributed by atoms with van der Waals surface area (Å²) in [5.41, 5.74) is 5.89. The van der Waals surface area contributed by atoms with Gasteiger partial charge in [0.05, 0.1) is 12.8 Å². The zero-order valence-electron chi connectivity index (χ0n) is 14.7. The number of amides is 1. The van der Waals surface area contributed by atoms with Crippen LogP contribution in [0.15, 0.2) is 41.5 Å². The summed E-state index contributed by atoms with van der Waals surface area (Å²) in [5, 5.41) is 4.79. The van der Waals surface area contributed by atoms with Crippen LogP contribution in [0.3, 0.4) is 0 Å². The van der Waals surface area contributed by atoms with Gasteiger partial charge in [-0.2, -0.15) is 5.10 Å². The van der Waals surface area contributed by atoms with Crippen LogP contribution < -0.4 is 14.9 Å². The molecule has 1 N–H and O–H groups in total. The quantitative estimate of drug-likeness (QED) is 0.628. The van der Waals surface area contributed by atoms with Crippen molar-refractivity contribution < 1.29 is 14.3 Å². The van der Waals surface area contributed by atoms with Crippen LogP contribution in [-0.2, 0) is 4.79 Å². The fourth-order valence-electron chi connectivity index (χ4n) is 2.21. The van der Waals surface area contributed by atoms with Crippen LogP contribution in [-0.4, -0.2) is 25.3 Å². The van der Waals surface area contributed by atoms with Gasteiger partial charge in [0.15, 0.2) is 6.61 Å². The number of ether oxygens (including phenoxy) is 2. The van der Waals surface area contributed by atoms with Crippen molar-refractivity contribution in [1.82, 2.24) is 5.43 Å². The SMILES string of the molecule is COc1ccc(/C(C)=N/NC(=O)COc2cc(C)c(Cl)c(C)c2)cc1. The summed E-state index contributed by atoms with van der Waals surface area (Å²) in [6, 6.07) is 11.0. The normalized spacial score (nSPS) is 11.2. The molecule has 25 heavy (non-hydrogen) atoms. The number of nitrogens with zero attached hydrogens (tertiary/aromatic N) is 1. The topological polar surface area (TPSA) is 59.9 Å². The highest BCUT2D eigenvalue weighted by Crippen LogP contribution is 2.25. The molecular weight excluding hydrogens is 340 g/mol. The van der Waals surface area contributed by atoms with Gasteiger partial charge in [0.2, 0.25) is 0 Å². The minimum Gasteiger partial charge on any atom is -0.497 e. The van der Waals surface area contributed by atoms with E-state index in [0.29, 0.717) is 16.5 Å². The molecule has 0 spiro atoms. The number of methoxy groups -OCH3 is 1. The Hall–Kier alpha value is -2.53. The Morgan fingerprint density at radius 1 is 1.12 bits per heavy atom. The van der Waals surface area contributed by atoms with Crippen molar-refractivity contribution in [2.24, 2.45) is 5.10 Å². The Balaban J connectivity index is 1.91. The third-order valence-corrected chi connectivity index (χ3v) is 4.23. The number of aryl methyl sites for hydroxylation is 2. The number of hydrogen-bond acceptors (Lipinski definition) is 4. The summed E-state index contributed by atoms with van der Waals surface area (Å²) < 4.78 is 10.6. The predicted octanol–water partition coefficient (Wildman–Crippen LogP) is 3.88. The third kappa shape index (κ3) is 5.22. The molecule has 2 rings (SSSR count). The van der Waals surface area contributed by atoms with Gasteiger partial charge in [0.25, 0.3) is 5.91 Å². The first-order valence-corrected chi connectivity index (χ1v) is 8.15. The Morgan fingerprint density at radius 2 is 1.72 bits per heavy atom. The van der Waals surface area contributed by atoms with Crippen LogP contribution in [0, 0.1) is 13.8 Å². The summed E-state index contributed by atoms with van der Waals surface area (Å²) in [4.78, 5) is 11.9. The maximum absolute atomic E-state index is 11.9. The van der Waals surface area contributed by atoms with Gasteiger partial charge in [0, 0.05) is 5.02 Å². The molecule has 0 aliphatic heterocycles. The van der Waals surface area contributed by atoms with Gasteiger partial charge in [-0.3, -0.25) is 4.79 Å². The number of carbonyl (C=O) groups is 1. The molecule has 1 amide bonds. The van der Waals surface area contributed by atoms with E-state index in [9.17, 15) is 4.79 Å². The van der Waals surface area contributed by atoms with Crippen LogP contribution in [0.1, 0.15) is 23.6 Å². The lowest BCUT2D eigenvalue weighted by Gasteiger charge is -2.09. The summed E-state index contributed by atoms with van der Waals surface area (Å²) >= 11 is 6.11. The fourth-order valence-corrected chi connectivity index (χ4v) is 2.32. The monoisotopic (exact) mass is 360 g/mol. The molecule has 2 aromatic rings. The maximum Gasteiger partial charge on any atom is 0.277 e. The summed E-state index contributed by atoms with van der Waals surface area (Å²) in [6.45, 7) is 5.48. The molecule has 0 heterocycles. The molecule has 0 bridgehead atoms. The highest BCUT2D eigenvalue weighted by molar-refractivity contribution is 6.32. The minimum absolute atomic E-state index is 0.125. The third-order valence-electron chi connectivity index (χ3n) is 3.64. The van der Waals surface area contributed by atoms with Crippen molar-refractivity contribution >= 4 is 23.2 Å². The lowest BCUT2D eigenvalue weighted by atomic mass is 10.1. The molecule has 0 aliphatic rings.